The smallest absolute Gasteiger partial charge is 0.357 e. The van der Waals surface area contributed by atoms with Crippen LogP contribution in [0.5, 0.6) is 0 Å². The van der Waals surface area contributed by atoms with E-state index in [2.05, 4.69) is 5.10 Å². The van der Waals surface area contributed by atoms with E-state index in [1.54, 1.807) is 35.0 Å². The third-order valence-corrected chi connectivity index (χ3v) is 4.15. The van der Waals surface area contributed by atoms with Gasteiger partial charge in [-0.05, 0) is 39.7 Å². The van der Waals surface area contributed by atoms with Crippen LogP contribution in [0.3, 0.4) is 0 Å². The predicted octanol–water partition coefficient (Wildman–Crippen LogP) is 2.90. The van der Waals surface area contributed by atoms with Crippen molar-refractivity contribution >= 4 is 11.9 Å². The summed E-state index contributed by atoms with van der Waals surface area (Å²) in [6, 6.07) is 10.5. The molecule has 1 aliphatic carbocycles. The summed E-state index contributed by atoms with van der Waals surface area (Å²) in [5.41, 5.74) is 6.86. The van der Waals surface area contributed by atoms with Gasteiger partial charge in [0.15, 0.2) is 0 Å². The van der Waals surface area contributed by atoms with E-state index in [-0.39, 0.29) is 5.54 Å². The van der Waals surface area contributed by atoms with Crippen LogP contribution in [0.2, 0.25) is 0 Å². The number of hydrogen-bond donors (Lipinski definition) is 1. The molecule has 0 radical (unpaired) electrons. The van der Waals surface area contributed by atoms with Crippen LogP contribution in [0.4, 0.5) is 0 Å². The highest BCUT2D eigenvalue weighted by Gasteiger charge is 2.33. The quantitative estimate of drug-likeness (QED) is 0.847. The maximum absolute atomic E-state index is 12.8. The monoisotopic (exact) mass is 341 g/mol. The molecule has 2 N–H and O–H groups in total. The van der Waals surface area contributed by atoms with Crippen molar-refractivity contribution in [3.05, 3.63) is 53.3 Å². The molecule has 1 fully saturated rings. The van der Waals surface area contributed by atoms with Crippen LogP contribution in [0, 0.1) is 0 Å². The first-order valence-corrected chi connectivity index (χ1v) is 8.43. The van der Waals surface area contributed by atoms with E-state index in [1.807, 2.05) is 26.8 Å². The third-order valence-electron chi connectivity index (χ3n) is 4.15. The van der Waals surface area contributed by atoms with Crippen LogP contribution in [0.1, 0.15) is 67.4 Å². The molecule has 1 saturated carbocycles. The van der Waals surface area contributed by atoms with Gasteiger partial charge in [-0.1, -0.05) is 30.3 Å². The highest BCUT2D eigenvalue weighted by Crippen LogP contribution is 2.40. The molecule has 0 saturated heterocycles. The molecule has 3 rings (SSSR count). The first kappa shape index (κ1) is 17.2. The van der Waals surface area contributed by atoms with Gasteiger partial charge in [-0.2, -0.15) is 5.10 Å². The number of ether oxygens (including phenoxy) is 1. The van der Waals surface area contributed by atoms with Crippen LogP contribution in [-0.2, 0) is 15.1 Å². The second kappa shape index (κ2) is 6.35. The minimum Gasteiger partial charge on any atom is -0.443 e. The summed E-state index contributed by atoms with van der Waals surface area (Å²) < 4.78 is 7.13. The highest BCUT2D eigenvalue weighted by molar-refractivity contribution is 5.91. The standard InChI is InChI=1S/C19H23N3O3/c1-19(2,3)22-15(11-14(21-22)12-9-10-12)18(24)25-16(17(20)23)13-7-5-4-6-8-13/h4-8,11-12,16H,9-10H2,1-3H3,(H2,20,23)/t16-/m1/s1. The lowest BCUT2D eigenvalue weighted by molar-refractivity contribution is -0.127. The summed E-state index contributed by atoms with van der Waals surface area (Å²) in [6.07, 6.45) is 1.05. The number of esters is 1. The zero-order valence-corrected chi connectivity index (χ0v) is 14.7. The minimum atomic E-state index is -1.12. The van der Waals surface area contributed by atoms with Gasteiger partial charge in [0.05, 0.1) is 11.2 Å². The van der Waals surface area contributed by atoms with Gasteiger partial charge >= 0.3 is 5.97 Å². The van der Waals surface area contributed by atoms with Crippen molar-refractivity contribution in [2.24, 2.45) is 5.73 Å². The molecule has 0 spiro atoms. The Bertz CT molecular complexity index is 786. The SMILES string of the molecule is CC(C)(C)n1nc(C2CC2)cc1C(=O)O[C@@H](C(N)=O)c1ccccc1. The molecule has 132 valence electrons. The molecular weight excluding hydrogens is 318 g/mol. The van der Waals surface area contributed by atoms with Crippen LogP contribution < -0.4 is 5.73 Å². The third kappa shape index (κ3) is 3.73. The summed E-state index contributed by atoms with van der Waals surface area (Å²) in [4.78, 5) is 24.6. The number of hydrogen-bond acceptors (Lipinski definition) is 4. The van der Waals surface area contributed by atoms with Gasteiger partial charge in [0, 0.05) is 11.5 Å². The lowest BCUT2D eigenvalue weighted by Crippen LogP contribution is -2.30. The fourth-order valence-corrected chi connectivity index (χ4v) is 2.72. The molecule has 1 aliphatic rings. The summed E-state index contributed by atoms with van der Waals surface area (Å²) in [5.74, 6) is -0.887. The number of benzene rings is 1. The number of carbonyl (C=O) groups excluding carboxylic acids is 2. The zero-order valence-electron chi connectivity index (χ0n) is 14.7. The first-order chi connectivity index (χ1) is 11.8. The maximum Gasteiger partial charge on any atom is 0.357 e. The summed E-state index contributed by atoms with van der Waals surface area (Å²) in [5, 5.41) is 4.59. The van der Waals surface area contributed by atoms with Crippen LogP contribution in [0.25, 0.3) is 0 Å². The molecule has 0 unspecified atom stereocenters. The summed E-state index contributed by atoms with van der Waals surface area (Å²) in [7, 11) is 0. The average Bonchev–Trinajstić information content (AvgIpc) is 3.30. The average molecular weight is 341 g/mol. The van der Waals surface area contributed by atoms with E-state index >= 15 is 0 Å². The Morgan fingerprint density at radius 3 is 2.40 bits per heavy atom. The Balaban J connectivity index is 1.90. The number of aromatic nitrogens is 2. The molecule has 6 nitrogen and oxygen atoms in total. The molecule has 0 aliphatic heterocycles. The number of nitrogens with zero attached hydrogens (tertiary/aromatic N) is 2. The van der Waals surface area contributed by atoms with Crippen molar-refractivity contribution in [2.75, 3.05) is 0 Å². The minimum absolute atomic E-state index is 0.344. The Morgan fingerprint density at radius 1 is 1.24 bits per heavy atom. The second-order valence-electron chi connectivity index (χ2n) is 7.41. The van der Waals surface area contributed by atoms with Crippen molar-refractivity contribution in [1.29, 1.82) is 0 Å². The Labute approximate surface area is 147 Å². The van der Waals surface area contributed by atoms with E-state index in [4.69, 9.17) is 10.5 Å². The molecule has 1 aromatic heterocycles. The number of amides is 1. The summed E-state index contributed by atoms with van der Waals surface area (Å²) in [6.45, 7) is 5.91. The second-order valence-corrected chi connectivity index (χ2v) is 7.41. The van der Waals surface area contributed by atoms with Gasteiger partial charge in [0.25, 0.3) is 5.91 Å². The molecular formula is C19H23N3O3. The molecule has 2 aromatic rings. The van der Waals surface area contributed by atoms with Crippen molar-refractivity contribution in [1.82, 2.24) is 9.78 Å². The van der Waals surface area contributed by atoms with E-state index in [1.165, 1.54) is 0 Å². The van der Waals surface area contributed by atoms with Gasteiger partial charge < -0.3 is 10.5 Å². The fraction of sp³-hybridized carbons (Fsp3) is 0.421. The van der Waals surface area contributed by atoms with Crippen LogP contribution >= 0.6 is 0 Å². The molecule has 0 bridgehead atoms. The summed E-state index contributed by atoms with van der Waals surface area (Å²) >= 11 is 0. The Kier molecular flexibility index (Phi) is 4.37. The van der Waals surface area contributed by atoms with Crippen molar-refractivity contribution in [2.45, 2.75) is 51.2 Å². The molecule has 1 heterocycles. The highest BCUT2D eigenvalue weighted by atomic mass is 16.5. The van der Waals surface area contributed by atoms with E-state index in [0.29, 0.717) is 17.2 Å². The zero-order chi connectivity index (χ0) is 18.2. The van der Waals surface area contributed by atoms with Gasteiger partial charge in [-0.15, -0.1) is 0 Å². The van der Waals surface area contributed by atoms with Crippen molar-refractivity contribution in [3.8, 4) is 0 Å². The van der Waals surface area contributed by atoms with E-state index in [9.17, 15) is 9.59 Å². The van der Waals surface area contributed by atoms with Gasteiger partial charge in [-0.25, -0.2) is 4.79 Å². The molecule has 25 heavy (non-hydrogen) atoms. The number of nitrogens with two attached hydrogens (primary N) is 1. The fourth-order valence-electron chi connectivity index (χ4n) is 2.72. The van der Waals surface area contributed by atoms with Gasteiger partial charge in [0.2, 0.25) is 6.10 Å². The van der Waals surface area contributed by atoms with Gasteiger partial charge in [-0.3, -0.25) is 9.48 Å². The topological polar surface area (TPSA) is 87.2 Å². The maximum atomic E-state index is 12.8. The van der Waals surface area contributed by atoms with Crippen LogP contribution in [-0.4, -0.2) is 21.7 Å². The molecule has 1 amide bonds. The number of rotatable bonds is 5. The van der Waals surface area contributed by atoms with E-state index < -0.39 is 18.0 Å². The van der Waals surface area contributed by atoms with Gasteiger partial charge in [0.1, 0.15) is 5.69 Å². The number of primary amides is 1. The van der Waals surface area contributed by atoms with Crippen molar-refractivity contribution < 1.29 is 14.3 Å². The van der Waals surface area contributed by atoms with Crippen molar-refractivity contribution in [3.63, 3.8) is 0 Å². The largest absolute Gasteiger partial charge is 0.443 e. The van der Waals surface area contributed by atoms with Crippen LogP contribution in [0.15, 0.2) is 36.4 Å². The Hall–Kier alpha value is -2.63. The van der Waals surface area contributed by atoms with E-state index in [0.717, 1.165) is 18.5 Å². The lowest BCUT2D eigenvalue weighted by Gasteiger charge is -2.22. The predicted molar refractivity (Wildman–Crippen MR) is 93.0 cm³/mol. The lowest BCUT2D eigenvalue weighted by atomic mass is 10.1. The normalized spacial score (nSPS) is 15.6. The first-order valence-electron chi connectivity index (χ1n) is 8.43. The molecule has 6 heteroatoms. The number of carbonyl (C=O) groups is 2. The molecule has 1 atom stereocenters. The molecule has 1 aromatic carbocycles. The Morgan fingerprint density at radius 2 is 1.88 bits per heavy atom.